The maximum Gasteiger partial charge on any atom is 0.417 e. The molecule has 0 radical (unpaired) electrons. The van der Waals surface area contributed by atoms with E-state index in [1.54, 1.807) is 6.92 Å². The first-order valence-electron chi connectivity index (χ1n) is 5.67. The number of benzene rings is 1. The van der Waals surface area contributed by atoms with E-state index in [0.717, 1.165) is 6.07 Å². The molecule has 0 bridgehead atoms. The van der Waals surface area contributed by atoms with Crippen LogP contribution in [0.15, 0.2) is 22.7 Å². The fraction of sp³-hybridized carbons (Fsp3) is 0.417. The lowest BCUT2D eigenvalue weighted by atomic mass is 10.1. The van der Waals surface area contributed by atoms with Crippen molar-refractivity contribution in [2.75, 3.05) is 11.9 Å². The third kappa shape index (κ3) is 4.21. The van der Waals surface area contributed by atoms with Gasteiger partial charge in [-0.1, -0.05) is 22.9 Å². The largest absolute Gasteiger partial charge is 0.417 e. The molecule has 0 aliphatic carbocycles. The highest BCUT2D eigenvalue weighted by molar-refractivity contribution is 9.10. The van der Waals surface area contributed by atoms with E-state index in [1.165, 1.54) is 12.1 Å². The predicted octanol–water partition coefficient (Wildman–Crippen LogP) is 3.39. The maximum absolute atomic E-state index is 12.7. The summed E-state index contributed by atoms with van der Waals surface area (Å²) in [5.74, 6) is -0.779. The smallest absolute Gasteiger partial charge is 0.330 e. The second-order valence-electron chi connectivity index (χ2n) is 4.02. The zero-order valence-corrected chi connectivity index (χ0v) is 11.8. The zero-order valence-electron chi connectivity index (χ0n) is 10.2. The lowest BCUT2D eigenvalue weighted by Crippen LogP contribution is -2.28. The summed E-state index contributed by atoms with van der Waals surface area (Å²) in [5, 5.41) is 2.44. The van der Waals surface area contributed by atoms with Gasteiger partial charge in [0, 0.05) is 16.7 Å². The third-order valence-corrected chi connectivity index (χ3v) is 3.38. The number of nitrogens with one attached hydrogen (secondary N) is 1. The Kier molecular flexibility index (Phi) is 5.37. The average molecular weight is 339 g/mol. The number of carbonyl (C=O) groups is 1. The molecule has 0 fully saturated rings. The van der Waals surface area contributed by atoms with Crippen molar-refractivity contribution >= 4 is 27.5 Å². The summed E-state index contributed by atoms with van der Waals surface area (Å²) < 4.78 is 38.0. The SMILES string of the molecule is CCC(CN)C(=O)Nc1ccc(Br)c(C(F)(F)F)c1. The van der Waals surface area contributed by atoms with Crippen LogP contribution in [0.4, 0.5) is 18.9 Å². The fourth-order valence-corrected chi connectivity index (χ4v) is 2.00. The highest BCUT2D eigenvalue weighted by atomic mass is 79.9. The van der Waals surface area contributed by atoms with Gasteiger partial charge in [-0.15, -0.1) is 0 Å². The molecule has 1 rings (SSSR count). The fourth-order valence-electron chi connectivity index (χ4n) is 1.52. The minimum absolute atomic E-state index is 0.0659. The van der Waals surface area contributed by atoms with Crippen molar-refractivity contribution in [3.8, 4) is 0 Å². The quantitative estimate of drug-likeness (QED) is 0.884. The topological polar surface area (TPSA) is 55.1 Å². The summed E-state index contributed by atoms with van der Waals surface area (Å²) in [6, 6.07) is 3.55. The Labute approximate surface area is 117 Å². The van der Waals surface area contributed by atoms with Crippen LogP contribution in [0.1, 0.15) is 18.9 Å². The van der Waals surface area contributed by atoms with E-state index in [0.29, 0.717) is 6.42 Å². The normalized spacial score (nSPS) is 13.2. The van der Waals surface area contributed by atoms with Gasteiger partial charge in [-0.3, -0.25) is 4.79 Å². The van der Waals surface area contributed by atoms with Gasteiger partial charge in [0.25, 0.3) is 0 Å². The first-order valence-corrected chi connectivity index (χ1v) is 6.46. The summed E-state index contributed by atoms with van der Waals surface area (Å²) in [5.41, 5.74) is 4.69. The molecular weight excluding hydrogens is 325 g/mol. The van der Waals surface area contributed by atoms with Crippen molar-refractivity contribution in [1.29, 1.82) is 0 Å². The minimum atomic E-state index is -4.47. The van der Waals surface area contributed by atoms with Crippen molar-refractivity contribution in [3.63, 3.8) is 0 Å². The number of hydrogen-bond acceptors (Lipinski definition) is 2. The first kappa shape index (κ1) is 16.0. The summed E-state index contributed by atoms with van der Waals surface area (Å²) in [4.78, 5) is 11.7. The number of hydrogen-bond donors (Lipinski definition) is 2. The Morgan fingerprint density at radius 3 is 2.58 bits per heavy atom. The van der Waals surface area contributed by atoms with Crippen LogP contribution in [0.3, 0.4) is 0 Å². The van der Waals surface area contributed by atoms with Gasteiger partial charge in [0.05, 0.1) is 11.5 Å². The van der Waals surface area contributed by atoms with Gasteiger partial charge in [-0.2, -0.15) is 13.2 Å². The van der Waals surface area contributed by atoms with E-state index in [1.807, 2.05) is 0 Å². The summed E-state index contributed by atoms with van der Waals surface area (Å²) in [6.45, 7) is 1.95. The number of anilines is 1. The number of rotatable bonds is 4. The summed E-state index contributed by atoms with van der Waals surface area (Å²) >= 11 is 2.84. The molecule has 0 spiro atoms. The Balaban J connectivity index is 2.95. The van der Waals surface area contributed by atoms with Gasteiger partial charge in [-0.05, 0) is 24.6 Å². The Bertz CT molecular complexity index is 459. The third-order valence-electron chi connectivity index (χ3n) is 2.69. The molecule has 0 aliphatic heterocycles. The van der Waals surface area contributed by atoms with Gasteiger partial charge in [0.2, 0.25) is 5.91 Å². The molecule has 0 saturated carbocycles. The van der Waals surface area contributed by atoms with Crippen LogP contribution >= 0.6 is 15.9 Å². The van der Waals surface area contributed by atoms with Crippen LogP contribution < -0.4 is 11.1 Å². The average Bonchev–Trinajstić information content (AvgIpc) is 2.31. The predicted molar refractivity (Wildman–Crippen MR) is 70.6 cm³/mol. The molecule has 0 aromatic heterocycles. The molecule has 1 aromatic carbocycles. The van der Waals surface area contributed by atoms with E-state index >= 15 is 0 Å². The molecule has 1 amide bonds. The van der Waals surface area contributed by atoms with Crippen LogP contribution in [-0.2, 0) is 11.0 Å². The zero-order chi connectivity index (χ0) is 14.6. The van der Waals surface area contributed by atoms with Gasteiger partial charge < -0.3 is 11.1 Å². The second kappa shape index (κ2) is 6.38. The van der Waals surface area contributed by atoms with Crippen molar-refractivity contribution in [1.82, 2.24) is 0 Å². The Hall–Kier alpha value is -1.08. The Morgan fingerprint density at radius 2 is 2.11 bits per heavy atom. The van der Waals surface area contributed by atoms with Crippen molar-refractivity contribution in [3.05, 3.63) is 28.2 Å². The van der Waals surface area contributed by atoms with E-state index in [2.05, 4.69) is 21.2 Å². The number of alkyl halides is 3. The van der Waals surface area contributed by atoms with E-state index in [-0.39, 0.29) is 22.6 Å². The molecule has 1 atom stereocenters. The Morgan fingerprint density at radius 1 is 1.47 bits per heavy atom. The molecule has 7 heteroatoms. The van der Waals surface area contributed by atoms with Crippen molar-refractivity contribution in [2.45, 2.75) is 19.5 Å². The standard InChI is InChI=1S/C12H14BrF3N2O/c1-2-7(6-17)11(19)18-8-3-4-10(13)9(5-8)12(14,15)16/h3-5,7H,2,6,17H2,1H3,(H,18,19). The van der Waals surface area contributed by atoms with Gasteiger partial charge in [-0.25, -0.2) is 0 Å². The molecule has 3 nitrogen and oxygen atoms in total. The van der Waals surface area contributed by atoms with E-state index in [4.69, 9.17) is 5.73 Å². The van der Waals surface area contributed by atoms with Gasteiger partial charge in [0.15, 0.2) is 0 Å². The molecule has 1 unspecified atom stereocenters. The summed E-state index contributed by atoms with van der Waals surface area (Å²) in [6.07, 6.45) is -3.94. The van der Waals surface area contributed by atoms with E-state index in [9.17, 15) is 18.0 Å². The van der Waals surface area contributed by atoms with Crippen molar-refractivity contribution < 1.29 is 18.0 Å². The molecule has 0 aliphatic rings. The lowest BCUT2D eigenvalue weighted by molar-refractivity contribution is -0.138. The first-order chi connectivity index (χ1) is 8.79. The van der Waals surface area contributed by atoms with Gasteiger partial charge in [0.1, 0.15) is 0 Å². The van der Waals surface area contributed by atoms with Crippen molar-refractivity contribution in [2.24, 2.45) is 11.7 Å². The van der Waals surface area contributed by atoms with Crippen LogP contribution in [0.5, 0.6) is 0 Å². The molecule has 0 saturated heterocycles. The maximum atomic E-state index is 12.7. The van der Waals surface area contributed by atoms with Crippen LogP contribution in [0, 0.1) is 5.92 Å². The van der Waals surface area contributed by atoms with Gasteiger partial charge >= 0.3 is 6.18 Å². The molecule has 0 heterocycles. The second-order valence-corrected chi connectivity index (χ2v) is 4.88. The lowest BCUT2D eigenvalue weighted by Gasteiger charge is -2.15. The monoisotopic (exact) mass is 338 g/mol. The molecular formula is C12H14BrF3N2O. The van der Waals surface area contributed by atoms with Crippen LogP contribution in [-0.4, -0.2) is 12.5 Å². The number of carbonyl (C=O) groups excluding carboxylic acids is 1. The number of halogens is 4. The summed E-state index contributed by atoms with van der Waals surface area (Å²) in [7, 11) is 0. The minimum Gasteiger partial charge on any atom is -0.330 e. The molecule has 19 heavy (non-hydrogen) atoms. The highest BCUT2D eigenvalue weighted by Crippen LogP contribution is 2.36. The number of nitrogens with two attached hydrogens (primary N) is 1. The molecule has 1 aromatic rings. The van der Waals surface area contributed by atoms with Crippen LogP contribution in [0.2, 0.25) is 0 Å². The van der Waals surface area contributed by atoms with E-state index < -0.39 is 17.7 Å². The van der Waals surface area contributed by atoms with Crippen LogP contribution in [0.25, 0.3) is 0 Å². The highest BCUT2D eigenvalue weighted by Gasteiger charge is 2.33. The number of amides is 1. The molecule has 106 valence electrons. The molecule has 3 N–H and O–H groups in total.